The minimum Gasteiger partial charge on any atom is -0.497 e. The van der Waals surface area contributed by atoms with Gasteiger partial charge in [0.05, 0.1) is 23.9 Å². The number of esters is 1. The molecule has 0 atom stereocenters. The van der Waals surface area contributed by atoms with Crippen molar-refractivity contribution in [3.63, 3.8) is 0 Å². The molecule has 176 valence electrons. The van der Waals surface area contributed by atoms with Crippen LogP contribution in [0, 0.1) is 0 Å². The van der Waals surface area contributed by atoms with E-state index in [1.807, 2.05) is 18.2 Å². The third kappa shape index (κ3) is 5.82. The molecular formula is C26H20BrN3O5. The average molecular weight is 534 g/mol. The van der Waals surface area contributed by atoms with E-state index in [1.165, 1.54) is 0 Å². The van der Waals surface area contributed by atoms with Gasteiger partial charge in [-0.15, -0.1) is 0 Å². The molecule has 1 aromatic heterocycles. The van der Waals surface area contributed by atoms with Gasteiger partial charge in [-0.1, -0.05) is 34.1 Å². The number of hydrogen-bond acceptors (Lipinski definition) is 6. The third-order valence-electron chi connectivity index (χ3n) is 5.08. The average Bonchev–Trinajstić information content (AvgIpc) is 2.90. The normalized spacial score (nSPS) is 10.5. The van der Waals surface area contributed by atoms with E-state index >= 15 is 0 Å². The van der Waals surface area contributed by atoms with E-state index < -0.39 is 24.4 Å². The smallest absolute Gasteiger partial charge is 0.339 e. The predicted molar refractivity (Wildman–Crippen MR) is 134 cm³/mol. The molecule has 0 unspecified atom stereocenters. The summed E-state index contributed by atoms with van der Waals surface area (Å²) in [6.07, 6.45) is 0. The van der Waals surface area contributed by atoms with Crippen LogP contribution in [0.3, 0.4) is 0 Å². The number of benzene rings is 3. The van der Waals surface area contributed by atoms with Gasteiger partial charge in [0.1, 0.15) is 5.75 Å². The molecule has 0 aliphatic carbocycles. The minimum atomic E-state index is -0.687. The van der Waals surface area contributed by atoms with Crippen molar-refractivity contribution in [2.75, 3.05) is 13.7 Å². The summed E-state index contributed by atoms with van der Waals surface area (Å²) in [6.45, 7) is -0.575. The summed E-state index contributed by atoms with van der Waals surface area (Å²) >= 11 is 3.29. The molecule has 3 aromatic carbocycles. The van der Waals surface area contributed by atoms with E-state index in [2.05, 4.69) is 31.8 Å². The second-order valence-electron chi connectivity index (χ2n) is 7.39. The van der Waals surface area contributed by atoms with Crippen molar-refractivity contribution in [2.24, 2.45) is 0 Å². The molecule has 0 saturated carbocycles. The zero-order valence-corrected chi connectivity index (χ0v) is 20.2. The van der Waals surface area contributed by atoms with Gasteiger partial charge in [-0.2, -0.15) is 0 Å². The van der Waals surface area contributed by atoms with Crippen molar-refractivity contribution in [3.8, 4) is 17.0 Å². The van der Waals surface area contributed by atoms with E-state index in [4.69, 9.17) is 9.47 Å². The highest BCUT2D eigenvalue weighted by Crippen LogP contribution is 2.26. The van der Waals surface area contributed by atoms with Gasteiger partial charge in [0.25, 0.3) is 11.8 Å². The fraction of sp³-hybridized carbons (Fsp3) is 0.0769. The van der Waals surface area contributed by atoms with Gasteiger partial charge >= 0.3 is 5.97 Å². The number of fused-ring (bicyclic) bond motifs is 1. The summed E-state index contributed by atoms with van der Waals surface area (Å²) in [5, 5.41) is 0.596. The summed E-state index contributed by atoms with van der Waals surface area (Å²) in [4.78, 5) is 41.8. The molecule has 0 aliphatic heterocycles. The van der Waals surface area contributed by atoms with Gasteiger partial charge in [-0.25, -0.2) is 9.78 Å². The number of carbonyl (C=O) groups excluding carboxylic acids is 3. The first-order valence-corrected chi connectivity index (χ1v) is 11.3. The van der Waals surface area contributed by atoms with Crippen molar-refractivity contribution in [2.45, 2.75) is 0 Å². The Hall–Kier alpha value is -4.24. The maximum absolute atomic E-state index is 12.9. The molecule has 9 heteroatoms. The van der Waals surface area contributed by atoms with E-state index in [0.717, 1.165) is 10.0 Å². The quantitative estimate of drug-likeness (QED) is 0.283. The second kappa shape index (κ2) is 10.8. The Morgan fingerprint density at radius 3 is 2.34 bits per heavy atom. The standard InChI is InChI=1S/C26H20BrN3O5/c1-34-19-12-8-16(9-13-19)23-14-21(20-4-2-3-5-22(20)28-23)26(33)35-15-24(31)29-30-25(32)17-6-10-18(27)11-7-17/h2-14H,15H2,1H3,(H,29,31)(H,30,32). The fourth-order valence-corrected chi connectivity index (χ4v) is 3.56. The third-order valence-corrected chi connectivity index (χ3v) is 5.61. The van der Waals surface area contributed by atoms with Crippen LogP contribution in [0.1, 0.15) is 20.7 Å². The minimum absolute atomic E-state index is 0.271. The summed E-state index contributed by atoms with van der Waals surface area (Å²) in [5.74, 6) is -1.17. The zero-order valence-electron chi connectivity index (χ0n) is 18.6. The Kier molecular flexibility index (Phi) is 7.37. The topological polar surface area (TPSA) is 107 Å². The Morgan fingerprint density at radius 2 is 1.63 bits per heavy atom. The van der Waals surface area contributed by atoms with Gasteiger partial charge < -0.3 is 9.47 Å². The van der Waals surface area contributed by atoms with Gasteiger partial charge in [-0.05, 0) is 60.7 Å². The Labute approximate surface area is 209 Å². The maximum Gasteiger partial charge on any atom is 0.339 e. The molecule has 4 rings (SSSR count). The molecule has 8 nitrogen and oxygen atoms in total. The number of rotatable bonds is 6. The lowest BCUT2D eigenvalue weighted by Gasteiger charge is -2.11. The molecule has 4 aromatic rings. The number of ether oxygens (including phenoxy) is 2. The maximum atomic E-state index is 12.9. The number of nitrogens with one attached hydrogen (secondary N) is 2. The molecule has 0 bridgehead atoms. The highest BCUT2D eigenvalue weighted by molar-refractivity contribution is 9.10. The number of hydrogen-bond donors (Lipinski definition) is 2. The number of halogens is 1. The molecule has 2 amide bonds. The predicted octanol–water partition coefficient (Wildman–Crippen LogP) is 4.29. The number of amides is 2. The summed E-state index contributed by atoms with van der Waals surface area (Å²) in [6, 6.07) is 22.7. The van der Waals surface area contributed by atoms with Gasteiger partial charge in [0.2, 0.25) is 0 Å². The van der Waals surface area contributed by atoms with Crippen molar-refractivity contribution < 1.29 is 23.9 Å². The highest BCUT2D eigenvalue weighted by Gasteiger charge is 2.17. The van der Waals surface area contributed by atoms with Crippen molar-refractivity contribution in [3.05, 3.63) is 94.5 Å². The largest absolute Gasteiger partial charge is 0.497 e. The number of aromatic nitrogens is 1. The molecule has 1 heterocycles. The molecular weight excluding hydrogens is 514 g/mol. The molecule has 2 N–H and O–H groups in total. The molecule has 0 fully saturated rings. The molecule has 0 radical (unpaired) electrons. The Balaban J connectivity index is 1.45. The van der Waals surface area contributed by atoms with Gasteiger partial charge in [0.15, 0.2) is 6.61 Å². The lowest BCUT2D eigenvalue weighted by Crippen LogP contribution is -2.43. The molecule has 0 saturated heterocycles. The summed E-state index contributed by atoms with van der Waals surface area (Å²) in [5.41, 5.74) is 7.13. The van der Waals surface area contributed by atoms with Crippen LogP contribution in [0.15, 0.2) is 83.3 Å². The van der Waals surface area contributed by atoms with Crippen LogP contribution in [-0.2, 0) is 9.53 Å². The van der Waals surface area contributed by atoms with Crippen LogP contribution in [0.25, 0.3) is 22.2 Å². The van der Waals surface area contributed by atoms with E-state index in [0.29, 0.717) is 27.9 Å². The zero-order chi connectivity index (χ0) is 24.8. The van der Waals surface area contributed by atoms with Crippen LogP contribution in [0.4, 0.5) is 0 Å². The Bertz CT molecular complexity index is 1390. The number of methoxy groups -OCH3 is 1. The number of hydrazine groups is 1. The van der Waals surface area contributed by atoms with Crippen LogP contribution >= 0.6 is 15.9 Å². The van der Waals surface area contributed by atoms with Crippen LogP contribution in [-0.4, -0.2) is 36.5 Å². The first-order valence-electron chi connectivity index (χ1n) is 10.5. The van der Waals surface area contributed by atoms with Crippen molar-refractivity contribution in [1.82, 2.24) is 15.8 Å². The lowest BCUT2D eigenvalue weighted by atomic mass is 10.0. The second-order valence-corrected chi connectivity index (χ2v) is 8.30. The number of carbonyl (C=O) groups is 3. The summed E-state index contributed by atoms with van der Waals surface area (Å²) in [7, 11) is 1.58. The van der Waals surface area contributed by atoms with E-state index in [-0.39, 0.29) is 5.56 Å². The Morgan fingerprint density at radius 1 is 0.914 bits per heavy atom. The number of nitrogens with zero attached hydrogens (tertiary/aromatic N) is 1. The number of para-hydroxylation sites is 1. The van der Waals surface area contributed by atoms with Gasteiger partial charge in [0, 0.05) is 21.0 Å². The highest BCUT2D eigenvalue weighted by atomic mass is 79.9. The van der Waals surface area contributed by atoms with Crippen molar-refractivity contribution in [1.29, 1.82) is 0 Å². The molecule has 0 spiro atoms. The van der Waals surface area contributed by atoms with Crippen LogP contribution in [0.5, 0.6) is 5.75 Å². The van der Waals surface area contributed by atoms with Crippen LogP contribution in [0.2, 0.25) is 0 Å². The van der Waals surface area contributed by atoms with Gasteiger partial charge in [-0.3, -0.25) is 20.4 Å². The van der Waals surface area contributed by atoms with E-state index in [9.17, 15) is 14.4 Å². The van der Waals surface area contributed by atoms with Crippen molar-refractivity contribution >= 4 is 44.6 Å². The molecule has 35 heavy (non-hydrogen) atoms. The van der Waals surface area contributed by atoms with E-state index in [1.54, 1.807) is 67.8 Å². The number of pyridine rings is 1. The van der Waals surface area contributed by atoms with Crippen LogP contribution < -0.4 is 15.6 Å². The summed E-state index contributed by atoms with van der Waals surface area (Å²) < 4.78 is 11.2. The first-order chi connectivity index (χ1) is 16.9. The first kappa shape index (κ1) is 23.9. The lowest BCUT2D eigenvalue weighted by molar-refractivity contribution is -0.125. The fourth-order valence-electron chi connectivity index (χ4n) is 3.30. The SMILES string of the molecule is COc1ccc(-c2cc(C(=O)OCC(=O)NNC(=O)c3ccc(Br)cc3)c3ccccc3n2)cc1. The molecule has 0 aliphatic rings. The monoisotopic (exact) mass is 533 g/mol.